The maximum atomic E-state index is 12.7. The summed E-state index contributed by atoms with van der Waals surface area (Å²) >= 11 is 0. The second kappa shape index (κ2) is 6.54. The van der Waals surface area contributed by atoms with Gasteiger partial charge in [0, 0.05) is 30.9 Å². The number of aliphatic carboxylic acids is 1. The Morgan fingerprint density at radius 3 is 2.88 bits per heavy atom. The van der Waals surface area contributed by atoms with Crippen LogP contribution in [-0.2, 0) is 4.79 Å². The van der Waals surface area contributed by atoms with E-state index < -0.39 is 5.97 Å². The molecule has 1 unspecified atom stereocenters. The molecule has 1 aliphatic rings. The van der Waals surface area contributed by atoms with Crippen LogP contribution in [0.2, 0.25) is 0 Å². The first kappa shape index (κ1) is 16.4. The van der Waals surface area contributed by atoms with Crippen LogP contribution < -0.4 is 0 Å². The Labute approximate surface area is 139 Å². The van der Waals surface area contributed by atoms with Gasteiger partial charge in [-0.3, -0.25) is 9.59 Å². The molecule has 3 rings (SSSR count). The number of fused-ring (bicyclic) bond motifs is 1. The van der Waals surface area contributed by atoms with E-state index in [9.17, 15) is 9.59 Å². The molecular weight excluding hydrogens is 310 g/mol. The number of nitrogens with zero attached hydrogens (tertiary/aromatic N) is 5. The smallest absolute Gasteiger partial charge is 0.303 e. The van der Waals surface area contributed by atoms with Gasteiger partial charge in [0.15, 0.2) is 0 Å². The molecule has 0 bridgehead atoms. The molecule has 128 valence electrons. The predicted molar refractivity (Wildman–Crippen MR) is 85.8 cm³/mol. The van der Waals surface area contributed by atoms with Gasteiger partial charge in [0.1, 0.15) is 0 Å². The summed E-state index contributed by atoms with van der Waals surface area (Å²) in [5.74, 6) is -0.210. The van der Waals surface area contributed by atoms with Crippen molar-refractivity contribution in [2.24, 2.45) is 5.92 Å². The van der Waals surface area contributed by atoms with Gasteiger partial charge >= 0.3 is 5.97 Å². The van der Waals surface area contributed by atoms with Crippen LogP contribution in [0.4, 0.5) is 0 Å². The van der Waals surface area contributed by atoms with Gasteiger partial charge in [-0.25, -0.2) is 9.50 Å². The Kier molecular flexibility index (Phi) is 4.46. The number of carboxylic acid groups (broad SMARTS) is 1. The van der Waals surface area contributed by atoms with Crippen molar-refractivity contribution in [3.63, 3.8) is 0 Å². The Bertz CT molecular complexity index is 785. The van der Waals surface area contributed by atoms with E-state index in [1.165, 1.54) is 0 Å². The lowest BCUT2D eigenvalue weighted by Gasteiger charge is -2.31. The molecule has 0 aromatic carbocycles. The Balaban J connectivity index is 1.76. The molecule has 2 aromatic rings. The van der Waals surface area contributed by atoms with Gasteiger partial charge in [0.05, 0.1) is 0 Å². The van der Waals surface area contributed by atoms with E-state index in [1.807, 2.05) is 19.9 Å². The van der Waals surface area contributed by atoms with Gasteiger partial charge in [0.2, 0.25) is 5.82 Å². The van der Waals surface area contributed by atoms with Crippen LogP contribution in [0.5, 0.6) is 0 Å². The highest BCUT2D eigenvalue weighted by Gasteiger charge is 2.27. The summed E-state index contributed by atoms with van der Waals surface area (Å²) < 4.78 is 1.58. The lowest BCUT2D eigenvalue weighted by Crippen LogP contribution is -2.40. The fourth-order valence-corrected chi connectivity index (χ4v) is 3.21. The van der Waals surface area contributed by atoms with Crippen molar-refractivity contribution >= 4 is 17.7 Å². The number of likely N-dealkylation sites (tertiary alicyclic amines) is 1. The standard InChI is InChI=1S/C16H21N5O3/c1-10-8-11(2)21-16(17-10)18-14(19-21)15(24)20-7-3-4-12(9-20)5-6-13(22)23/h8,12H,3-7,9H2,1-2H3,(H,22,23). The molecule has 3 heterocycles. The monoisotopic (exact) mass is 331 g/mol. The summed E-state index contributed by atoms with van der Waals surface area (Å²) in [5, 5.41) is 13.1. The topological polar surface area (TPSA) is 101 Å². The molecule has 0 saturated carbocycles. The summed E-state index contributed by atoms with van der Waals surface area (Å²) in [6.07, 6.45) is 2.56. The molecule has 2 aromatic heterocycles. The molecule has 24 heavy (non-hydrogen) atoms. The van der Waals surface area contributed by atoms with Crippen LogP contribution in [-0.4, -0.2) is 54.6 Å². The van der Waals surface area contributed by atoms with Gasteiger partial charge in [-0.05, 0) is 45.1 Å². The highest BCUT2D eigenvalue weighted by atomic mass is 16.4. The summed E-state index contributed by atoms with van der Waals surface area (Å²) in [7, 11) is 0. The maximum absolute atomic E-state index is 12.7. The van der Waals surface area contributed by atoms with Crippen LogP contribution >= 0.6 is 0 Å². The highest BCUT2D eigenvalue weighted by Crippen LogP contribution is 2.22. The second-order valence-corrected chi connectivity index (χ2v) is 6.38. The molecule has 0 aliphatic carbocycles. The lowest BCUT2D eigenvalue weighted by molar-refractivity contribution is -0.137. The van der Waals surface area contributed by atoms with Crippen LogP contribution in [0.25, 0.3) is 5.78 Å². The molecule has 0 radical (unpaired) electrons. The minimum Gasteiger partial charge on any atom is -0.481 e. The third-order valence-electron chi connectivity index (χ3n) is 4.38. The quantitative estimate of drug-likeness (QED) is 0.910. The van der Waals surface area contributed by atoms with Crippen LogP contribution in [0.15, 0.2) is 6.07 Å². The number of amides is 1. The number of carbonyl (C=O) groups is 2. The fourth-order valence-electron chi connectivity index (χ4n) is 3.21. The third kappa shape index (κ3) is 3.37. The van der Waals surface area contributed by atoms with E-state index >= 15 is 0 Å². The lowest BCUT2D eigenvalue weighted by atomic mass is 9.93. The van der Waals surface area contributed by atoms with Crippen molar-refractivity contribution in [2.45, 2.75) is 39.5 Å². The Morgan fingerprint density at radius 2 is 2.12 bits per heavy atom. The van der Waals surface area contributed by atoms with Crippen molar-refractivity contribution in [2.75, 3.05) is 13.1 Å². The van der Waals surface area contributed by atoms with Gasteiger partial charge in [-0.1, -0.05) is 0 Å². The van der Waals surface area contributed by atoms with Crippen molar-refractivity contribution in [1.29, 1.82) is 0 Å². The average Bonchev–Trinajstić information content (AvgIpc) is 2.96. The fraction of sp³-hybridized carbons (Fsp3) is 0.562. The predicted octanol–water partition coefficient (Wildman–Crippen LogP) is 1.46. The van der Waals surface area contributed by atoms with E-state index in [0.717, 1.165) is 24.2 Å². The van der Waals surface area contributed by atoms with E-state index in [4.69, 9.17) is 5.11 Å². The average molecular weight is 331 g/mol. The molecule has 1 amide bonds. The minimum absolute atomic E-state index is 0.141. The van der Waals surface area contributed by atoms with Crippen LogP contribution in [0.1, 0.15) is 47.7 Å². The van der Waals surface area contributed by atoms with E-state index in [2.05, 4.69) is 15.1 Å². The SMILES string of the molecule is Cc1cc(C)n2nc(C(=O)N3CCCC(CCC(=O)O)C3)nc2n1. The van der Waals surface area contributed by atoms with Gasteiger partial charge in [0.25, 0.3) is 11.7 Å². The largest absolute Gasteiger partial charge is 0.481 e. The molecule has 1 aliphatic heterocycles. The first-order valence-electron chi connectivity index (χ1n) is 8.16. The molecule has 0 spiro atoms. The first-order chi connectivity index (χ1) is 11.4. The Morgan fingerprint density at radius 1 is 1.33 bits per heavy atom. The second-order valence-electron chi connectivity index (χ2n) is 6.38. The molecule has 1 saturated heterocycles. The zero-order valence-corrected chi connectivity index (χ0v) is 13.9. The van der Waals surface area contributed by atoms with Crippen molar-refractivity contribution in [3.05, 3.63) is 23.3 Å². The summed E-state index contributed by atoms with van der Waals surface area (Å²) in [6.45, 7) is 4.99. The van der Waals surface area contributed by atoms with Crippen molar-refractivity contribution in [1.82, 2.24) is 24.5 Å². The first-order valence-corrected chi connectivity index (χ1v) is 8.16. The van der Waals surface area contributed by atoms with Crippen LogP contribution in [0.3, 0.4) is 0 Å². The molecule has 1 N–H and O–H groups in total. The van der Waals surface area contributed by atoms with Gasteiger partial charge in [-0.2, -0.15) is 4.98 Å². The molecule has 1 atom stereocenters. The zero-order valence-electron chi connectivity index (χ0n) is 13.9. The minimum atomic E-state index is -0.794. The number of hydrogen-bond donors (Lipinski definition) is 1. The number of carbonyl (C=O) groups excluding carboxylic acids is 1. The third-order valence-corrected chi connectivity index (χ3v) is 4.38. The van der Waals surface area contributed by atoms with Crippen LogP contribution in [0, 0.1) is 19.8 Å². The summed E-state index contributed by atoms with van der Waals surface area (Å²) in [4.78, 5) is 33.7. The normalized spacial score (nSPS) is 18.1. The van der Waals surface area contributed by atoms with E-state index in [1.54, 1.807) is 9.42 Å². The van der Waals surface area contributed by atoms with Gasteiger partial charge < -0.3 is 10.0 Å². The number of aromatic nitrogens is 4. The van der Waals surface area contributed by atoms with Gasteiger partial charge in [-0.15, -0.1) is 5.10 Å². The summed E-state index contributed by atoms with van der Waals surface area (Å²) in [6, 6.07) is 1.89. The van der Waals surface area contributed by atoms with Crippen molar-refractivity contribution in [3.8, 4) is 0 Å². The molecule has 8 nitrogen and oxygen atoms in total. The van der Waals surface area contributed by atoms with E-state index in [-0.39, 0.29) is 24.1 Å². The molecule has 1 fully saturated rings. The summed E-state index contributed by atoms with van der Waals surface area (Å²) in [5.41, 5.74) is 1.71. The maximum Gasteiger partial charge on any atom is 0.303 e. The zero-order chi connectivity index (χ0) is 17.3. The van der Waals surface area contributed by atoms with E-state index in [0.29, 0.717) is 25.3 Å². The number of carboxylic acids is 1. The Hall–Kier alpha value is -2.51. The number of aryl methyl sites for hydroxylation is 2. The number of rotatable bonds is 4. The molecule has 8 heteroatoms. The number of piperidine rings is 1. The van der Waals surface area contributed by atoms with Crippen molar-refractivity contribution < 1.29 is 14.7 Å². The number of hydrogen-bond acceptors (Lipinski definition) is 5. The molecular formula is C16H21N5O3. The highest BCUT2D eigenvalue weighted by molar-refractivity contribution is 5.91.